The van der Waals surface area contributed by atoms with Gasteiger partial charge in [-0.3, -0.25) is 0 Å². The second-order valence-corrected chi connectivity index (χ2v) is 1.31. The molecule has 0 amide bonds. The summed E-state index contributed by atoms with van der Waals surface area (Å²) in [6.45, 7) is 3.36. The van der Waals surface area contributed by atoms with E-state index in [1.54, 1.807) is 0 Å². The maximum Gasteiger partial charge on any atom is 0.339 e. The van der Waals surface area contributed by atoms with Crippen LogP contribution >= 0.6 is 0 Å². The van der Waals surface area contributed by atoms with Gasteiger partial charge in [-0.05, 0) is 6.42 Å². The number of hydrogen-bond acceptors (Lipinski definition) is 4. The summed E-state index contributed by atoms with van der Waals surface area (Å²) in [5, 5.41) is 15.2. The molecule has 0 fully saturated rings. The molecule has 0 aliphatic heterocycles. The van der Waals surface area contributed by atoms with Gasteiger partial charge in [-0.15, -0.1) is 0 Å². The Kier molecular flexibility index (Phi) is 13.0. The normalized spacial score (nSPS) is 7.11. The van der Waals surface area contributed by atoms with Crippen molar-refractivity contribution >= 4 is 5.97 Å². The molecule has 4 nitrogen and oxygen atoms in total. The Morgan fingerprint density at radius 2 is 1.89 bits per heavy atom. The highest BCUT2D eigenvalue weighted by molar-refractivity contribution is 5.64. The quantitative estimate of drug-likeness (QED) is 0.404. The lowest BCUT2D eigenvalue weighted by Gasteiger charge is -1.76. The SMILES string of the molecule is CC(=O)OO.CCCO. The van der Waals surface area contributed by atoms with Crippen molar-refractivity contribution < 1.29 is 20.0 Å². The van der Waals surface area contributed by atoms with Gasteiger partial charge in [-0.2, -0.15) is 5.26 Å². The predicted octanol–water partition coefficient (Wildman–Crippen LogP) is 0.411. The van der Waals surface area contributed by atoms with Crippen molar-refractivity contribution in [2.75, 3.05) is 6.61 Å². The van der Waals surface area contributed by atoms with Crippen LogP contribution in [0.1, 0.15) is 20.3 Å². The third kappa shape index (κ3) is 37.6. The molecule has 56 valence electrons. The van der Waals surface area contributed by atoms with Gasteiger partial charge in [0.05, 0.1) is 0 Å². The maximum absolute atomic E-state index is 9.34. The van der Waals surface area contributed by atoms with Gasteiger partial charge in [0.2, 0.25) is 0 Å². The molecule has 9 heavy (non-hydrogen) atoms. The van der Waals surface area contributed by atoms with Crippen molar-refractivity contribution in [1.29, 1.82) is 0 Å². The van der Waals surface area contributed by atoms with Crippen molar-refractivity contribution in [3.05, 3.63) is 0 Å². The zero-order valence-corrected chi connectivity index (χ0v) is 5.63. The minimum absolute atomic E-state index is 0.319. The van der Waals surface area contributed by atoms with Crippen LogP contribution in [0.15, 0.2) is 0 Å². The number of carbonyl (C=O) groups excluding carboxylic acids is 1. The molecule has 0 heterocycles. The van der Waals surface area contributed by atoms with Gasteiger partial charge < -0.3 is 9.99 Å². The average Bonchev–Trinajstić information content (AvgIpc) is 1.89. The fourth-order valence-corrected chi connectivity index (χ4v) is 0. The van der Waals surface area contributed by atoms with Gasteiger partial charge in [0.15, 0.2) is 0 Å². The predicted molar refractivity (Wildman–Crippen MR) is 31.8 cm³/mol. The van der Waals surface area contributed by atoms with E-state index in [1.165, 1.54) is 0 Å². The van der Waals surface area contributed by atoms with E-state index >= 15 is 0 Å². The van der Waals surface area contributed by atoms with Crippen molar-refractivity contribution in [2.24, 2.45) is 0 Å². The fourth-order valence-electron chi connectivity index (χ4n) is 0. The first-order chi connectivity index (χ1) is 4.18. The molecular weight excluding hydrogens is 124 g/mol. The number of rotatable bonds is 1. The average molecular weight is 136 g/mol. The molecule has 0 aromatic carbocycles. The van der Waals surface area contributed by atoms with Gasteiger partial charge in [0, 0.05) is 13.5 Å². The second kappa shape index (κ2) is 10.4. The molecule has 0 aromatic heterocycles. The summed E-state index contributed by atoms with van der Waals surface area (Å²) in [4.78, 5) is 12.5. The highest BCUT2D eigenvalue weighted by Gasteiger charge is 1.79. The summed E-state index contributed by atoms with van der Waals surface area (Å²) in [6.07, 6.45) is 0.875. The van der Waals surface area contributed by atoms with Gasteiger partial charge in [0.25, 0.3) is 0 Å². The summed E-state index contributed by atoms with van der Waals surface area (Å²) < 4.78 is 0. The molecule has 0 unspecified atom stereocenters. The minimum atomic E-state index is -0.690. The Morgan fingerprint density at radius 1 is 1.67 bits per heavy atom. The van der Waals surface area contributed by atoms with Gasteiger partial charge in [-0.25, -0.2) is 4.79 Å². The van der Waals surface area contributed by atoms with Crippen LogP contribution in [0.3, 0.4) is 0 Å². The Balaban J connectivity index is 0. The van der Waals surface area contributed by atoms with Crippen LogP contribution in [0, 0.1) is 0 Å². The van der Waals surface area contributed by atoms with Crippen molar-refractivity contribution in [3.63, 3.8) is 0 Å². The highest BCUT2D eigenvalue weighted by Crippen LogP contribution is 1.61. The summed E-state index contributed by atoms with van der Waals surface area (Å²) >= 11 is 0. The Morgan fingerprint density at radius 3 is 1.89 bits per heavy atom. The van der Waals surface area contributed by atoms with E-state index < -0.39 is 5.97 Å². The van der Waals surface area contributed by atoms with Crippen LogP contribution in [0.5, 0.6) is 0 Å². The van der Waals surface area contributed by atoms with Gasteiger partial charge >= 0.3 is 5.97 Å². The van der Waals surface area contributed by atoms with Crippen molar-refractivity contribution in [3.8, 4) is 0 Å². The first-order valence-corrected chi connectivity index (χ1v) is 2.61. The van der Waals surface area contributed by atoms with E-state index in [-0.39, 0.29) is 0 Å². The highest BCUT2D eigenvalue weighted by atomic mass is 17.1. The second-order valence-electron chi connectivity index (χ2n) is 1.31. The topological polar surface area (TPSA) is 66.8 Å². The molecule has 0 radical (unpaired) electrons. The number of aliphatic hydroxyl groups is 1. The first kappa shape index (κ1) is 11.2. The molecule has 0 aliphatic carbocycles. The fraction of sp³-hybridized carbons (Fsp3) is 0.800. The van der Waals surface area contributed by atoms with E-state index in [0.29, 0.717) is 6.61 Å². The summed E-state index contributed by atoms with van der Waals surface area (Å²) in [5.41, 5.74) is 0. The van der Waals surface area contributed by atoms with E-state index in [0.717, 1.165) is 13.3 Å². The molecule has 0 aromatic rings. The van der Waals surface area contributed by atoms with Crippen LogP contribution in [-0.4, -0.2) is 22.9 Å². The summed E-state index contributed by atoms with van der Waals surface area (Å²) in [7, 11) is 0. The molecule has 0 saturated heterocycles. The molecule has 4 heteroatoms. The van der Waals surface area contributed by atoms with Crippen molar-refractivity contribution in [2.45, 2.75) is 20.3 Å². The summed E-state index contributed by atoms with van der Waals surface area (Å²) in [6, 6.07) is 0. The standard InChI is InChI=1S/C3H8O.C2H4O3/c1-2-3-4;1-2(3)5-4/h4H,2-3H2,1H3;4H,1H3. The Labute approximate surface area is 54.0 Å². The van der Waals surface area contributed by atoms with E-state index in [4.69, 9.17) is 10.4 Å². The third-order valence-electron chi connectivity index (χ3n) is 0.352. The lowest BCUT2D eigenvalue weighted by molar-refractivity contribution is -0.231. The molecule has 0 spiro atoms. The Hall–Kier alpha value is -0.610. The zero-order chi connectivity index (χ0) is 7.70. The molecule has 0 aliphatic rings. The van der Waals surface area contributed by atoms with E-state index in [1.807, 2.05) is 6.92 Å². The number of hydrogen-bond donors (Lipinski definition) is 2. The lowest BCUT2D eigenvalue weighted by Crippen LogP contribution is -1.89. The third-order valence-corrected chi connectivity index (χ3v) is 0.352. The summed E-state index contributed by atoms with van der Waals surface area (Å²) in [5.74, 6) is -0.690. The minimum Gasteiger partial charge on any atom is -0.396 e. The molecule has 0 rings (SSSR count). The van der Waals surface area contributed by atoms with Crippen molar-refractivity contribution in [1.82, 2.24) is 0 Å². The smallest absolute Gasteiger partial charge is 0.339 e. The van der Waals surface area contributed by atoms with Crippen LogP contribution in [-0.2, 0) is 9.68 Å². The van der Waals surface area contributed by atoms with Crippen LogP contribution in [0.2, 0.25) is 0 Å². The first-order valence-electron chi connectivity index (χ1n) is 2.61. The number of carbonyl (C=O) groups is 1. The van der Waals surface area contributed by atoms with E-state index in [9.17, 15) is 4.79 Å². The van der Waals surface area contributed by atoms with Crippen LogP contribution in [0.25, 0.3) is 0 Å². The lowest BCUT2D eigenvalue weighted by atomic mass is 10.5. The molecule has 0 bridgehead atoms. The number of aliphatic hydroxyl groups excluding tert-OH is 1. The molecule has 0 saturated carbocycles. The zero-order valence-electron chi connectivity index (χ0n) is 5.63. The van der Waals surface area contributed by atoms with Gasteiger partial charge in [-0.1, -0.05) is 6.92 Å². The molecule has 0 atom stereocenters. The maximum atomic E-state index is 9.34. The molecule has 2 N–H and O–H groups in total. The van der Waals surface area contributed by atoms with Crippen LogP contribution < -0.4 is 0 Å². The monoisotopic (exact) mass is 136 g/mol. The Bertz CT molecular complexity index is 60.0. The van der Waals surface area contributed by atoms with E-state index in [2.05, 4.69) is 4.89 Å². The molecular formula is C5H12O4. The van der Waals surface area contributed by atoms with Gasteiger partial charge in [0.1, 0.15) is 0 Å². The van der Waals surface area contributed by atoms with Crippen LogP contribution in [0.4, 0.5) is 0 Å². The largest absolute Gasteiger partial charge is 0.396 e.